The van der Waals surface area contributed by atoms with E-state index in [0.717, 1.165) is 68.1 Å². The minimum atomic E-state index is -4.15. The van der Waals surface area contributed by atoms with Gasteiger partial charge in [-0.05, 0) is 128 Å². The highest BCUT2D eigenvalue weighted by atomic mass is 32.2. The second kappa shape index (κ2) is 32.8. The molecule has 0 atom stereocenters. The number of ether oxygens (including phenoxy) is 6. The molecule has 4 aliphatic carbocycles. The highest BCUT2D eigenvalue weighted by molar-refractivity contribution is 7.86. The Labute approximate surface area is 510 Å². The van der Waals surface area contributed by atoms with Gasteiger partial charge in [-0.2, -0.15) is 38.3 Å². The summed E-state index contributed by atoms with van der Waals surface area (Å²) in [6.07, 6.45) is 7.94. The van der Waals surface area contributed by atoms with Crippen LogP contribution in [-0.4, -0.2) is 156 Å². The molecular weight excluding hydrogens is 1230 g/mol. The van der Waals surface area contributed by atoms with Gasteiger partial charge in [-0.3, -0.25) is 27.9 Å². The molecule has 4 aromatic heterocycles. The highest BCUT2D eigenvalue weighted by Crippen LogP contribution is 2.47. The van der Waals surface area contributed by atoms with Gasteiger partial charge in [0.1, 0.15) is 57.1 Å². The molecule has 0 aliphatic heterocycles. The Hall–Kier alpha value is -6.50. The Morgan fingerprint density at radius 3 is 1.42 bits per heavy atom. The molecule has 36 heteroatoms. The first kappa shape index (κ1) is 72.2. The van der Waals surface area contributed by atoms with Crippen molar-refractivity contribution in [2.45, 2.75) is 100 Å². The van der Waals surface area contributed by atoms with Gasteiger partial charge in [0, 0.05) is 6.61 Å². The smallest absolute Gasteiger partial charge is 0.350 e. The van der Waals surface area contributed by atoms with Gasteiger partial charge in [-0.25, -0.2) is 0 Å². The molecule has 19 N–H and O–H groups in total. The number of benzene rings is 1. The van der Waals surface area contributed by atoms with E-state index in [0.29, 0.717) is 72.1 Å². The second-order valence-electron chi connectivity index (χ2n) is 21.9. The van der Waals surface area contributed by atoms with Gasteiger partial charge in [0.2, 0.25) is 35.6 Å². The molecule has 0 unspecified atom stereocenters. The van der Waals surface area contributed by atoms with Crippen LogP contribution in [0.25, 0.3) is 0 Å². The highest BCUT2D eigenvalue weighted by Gasteiger charge is 2.34. The summed E-state index contributed by atoms with van der Waals surface area (Å²) >= 11 is 0. The molecule has 9 rings (SSSR count). The fourth-order valence-electron chi connectivity index (χ4n) is 7.98. The van der Waals surface area contributed by atoms with Gasteiger partial charge < -0.3 is 93.2 Å². The molecule has 0 spiro atoms. The lowest BCUT2D eigenvalue weighted by molar-refractivity contribution is 0.112. The van der Waals surface area contributed by atoms with Crippen LogP contribution in [0.2, 0.25) is 0 Å². The lowest BCUT2D eigenvalue weighted by Gasteiger charge is -2.13. The standard InChI is InChI=1S/2C12H21N4O3P.C11H16O4S.C10H17N4O5P.C7H10N4O/c1-20(2,17)7-18-5-6-19-11-9(8-3-4-8)10(13)15-12(14)16-11;1-20(2,18)7-19-6-5-16-11(17)9(8-3-4-8)10(13)15-12(16)14;1-3-14-8-9-15-16(12,13)11-6-4-10(2)5-7-11;11-8-7(6-1-2-6)9(14-10(12)13-8)19-4-3-18-5-20(15,16)17;8-5-4(3-1-2-3)6(12)11-7(9)10-5/h8H,3-7H2,1-2H3,(H4,13,14,15,16);8H,3-7,13H2,1-2H3,(H2,14,15);4-7H,3,8-9H2,1-2H3;6H,1-5H2,(H2,15,16,17)(H4,11,12,13,14);3H,1-2H2,(H5,8,9,10,11,12). The first-order valence-corrected chi connectivity index (χ1v) is 36.9. The predicted octanol–water partition coefficient (Wildman–Crippen LogP) is 3.97. The van der Waals surface area contributed by atoms with E-state index >= 15 is 0 Å². The van der Waals surface area contributed by atoms with E-state index in [4.69, 9.17) is 88.3 Å². The molecule has 0 radical (unpaired) electrons. The molecule has 4 heterocycles. The molecule has 4 saturated carbocycles. The van der Waals surface area contributed by atoms with Crippen molar-refractivity contribution in [2.75, 3.05) is 144 Å². The topological polar surface area (TPSA) is 531 Å². The number of aromatic nitrogens is 8. The number of anilines is 8. The van der Waals surface area contributed by atoms with Gasteiger partial charge in [0.05, 0.1) is 79.4 Å². The number of hydrogen-bond donors (Lipinski definition) is 11. The largest absolute Gasteiger partial charge is 0.475 e. The lowest BCUT2D eigenvalue weighted by Crippen LogP contribution is -2.30. The monoisotopic (exact) mass is 1310 g/mol. The summed E-state index contributed by atoms with van der Waals surface area (Å²) in [5.74, 6) is 3.47. The average Bonchev–Trinajstić information content (AvgIpc) is 2.05. The Bertz CT molecular complexity index is 3400. The van der Waals surface area contributed by atoms with Crippen LogP contribution in [0.15, 0.2) is 38.8 Å². The third-order valence-electron chi connectivity index (χ3n) is 12.6. The minimum absolute atomic E-state index is 0.0260. The number of aromatic amines is 1. The number of hydrogen-bond acceptors (Lipinski definition) is 28. The SMILES string of the molecule is CCOCCOS(=O)(=O)c1ccc(C)cc1.CP(C)(=O)COCCOc1nc(N)nc(N)c1C1CC1.CP(C)(=O)COCCn1c(N)nc(N)c(C2CC2)c1=O.Nc1nc(N)c(C2CC2)c(=O)[nH]1.Nc1nc(N)c(C2CC2)c(OCCOCP(=O)(O)O)n1. The molecule has 0 saturated heterocycles. The number of nitrogens with zero attached hydrogens (tertiary/aromatic N) is 7. The van der Waals surface area contributed by atoms with E-state index in [1.54, 1.807) is 38.8 Å². The third kappa shape index (κ3) is 25.5. The molecule has 0 bridgehead atoms. The maximum atomic E-state index is 12.3. The van der Waals surface area contributed by atoms with Crippen molar-refractivity contribution < 1.29 is 64.5 Å². The summed E-state index contributed by atoms with van der Waals surface area (Å²) < 4.78 is 94.4. The third-order valence-corrected chi connectivity index (χ3v) is 16.0. The van der Waals surface area contributed by atoms with Crippen LogP contribution in [-0.2, 0) is 53.5 Å². The summed E-state index contributed by atoms with van der Waals surface area (Å²) in [7, 11) is -12.2. The quantitative estimate of drug-likeness (QED) is 0.0201. The van der Waals surface area contributed by atoms with Gasteiger partial charge in [0.25, 0.3) is 21.2 Å². The fraction of sp³-hybridized carbons (Fsp3) is 0.577. The number of H-pyrrole nitrogens is 1. The maximum Gasteiger partial charge on any atom is 0.350 e. The zero-order valence-electron chi connectivity index (χ0n) is 50.4. The van der Waals surface area contributed by atoms with E-state index < -0.39 is 38.3 Å². The summed E-state index contributed by atoms with van der Waals surface area (Å²) in [6.45, 7) is 12.6. The van der Waals surface area contributed by atoms with E-state index in [-0.39, 0.29) is 110 Å². The summed E-state index contributed by atoms with van der Waals surface area (Å²) in [5.41, 5.74) is 48.5. The zero-order chi connectivity index (χ0) is 65.1. The number of nitrogens with one attached hydrogen (secondary N) is 1. The van der Waals surface area contributed by atoms with Gasteiger partial charge in [-0.15, -0.1) is 0 Å². The Morgan fingerprint density at radius 1 is 0.557 bits per heavy atom. The van der Waals surface area contributed by atoms with Crippen molar-refractivity contribution >= 4 is 79.1 Å². The maximum absolute atomic E-state index is 12.3. The van der Waals surface area contributed by atoms with Crippen LogP contribution in [0.1, 0.15) is 110 Å². The Kier molecular flexibility index (Phi) is 26.9. The average molecular weight is 1320 g/mol. The van der Waals surface area contributed by atoms with Crippen molar-refractivity contribution in [1.29, 1.82) is 0 Å². The van der Waals surface area contributed by atoms with Crippen LogP contribution in [0.5, 0.6) is 11.8 Å². The molecule has 88 heavy (non-hydrogen) atoms. The Morgan fingerprint density at radius 2 is 0.977 bits per heavy atom. The summed E-state index contributed by atoms with van der Waals surface area (Å²) in [5, 5.41) is 0. The number of aryl methyl sites for hydroxylation is 1. The number of rotatable bonds is 27. The zero-order valence-corrected chi connectivity index (χ0v) is 53.9. The molecule has 4 fully saturated rings. The minimum Gasteiger partial charge on any atom is -0.475 e. The lowest BCUT2D eigenvalue weighted by atomic mass is 10.2. The second-order valence-corrected chi connectivity index (χ2v) is 31.9. The normalized spacial score (nSPS) is 14.8. The van der Waals surface area contributed by atoms with Gasteiger partial charge in [0.15, 0.2) is 0 Å². The number of nitrogens with two attached hydrogens (primary N) is 8. The molecular formula is C52H85N16O16P3S. The van der Waals surface area contributed by atoms with Crippen molar-refractivity contribution in [3.8, 4) is 11.8 Å². The molecule has 490 valence electrons. The Balaban J connectivity index is 0.000000202. The van der Waals surface area contributed by atoms with Crippen LogP contribution < -0.4 is 66.5 Å². The molecule has 32 nitrogen and oxygen atoms in total. The summed E-state index contributed by atoms with van der Waals surface area (Å²) in [6, 6.07) is 6.54. The molecule has 4 aliphatic rings. The summed E-state index contributed by atoms with van der Waals surface area (Å²) in [4.78, 5) is 67.3. The van der Waals surface area contributed by atoms with Gasteiger partial charge >= 0.3 is 7.60 Å². The van der Waals surface area contributed by atoms with Crippen LogP contribution in [0.3, 0.4) is 0 Å². The van der Waals surface area contributed by atoms with Crippen molar-refractivity contribution in [3.63, 3.8) is 0 Å². The molecule has 5 aromatic rings. The van der Waals surface area contributed by atoms with E-state index in [1.165, 1.54) is 16.7 Å². The van der Waals surface area contributed by atoms with Crippen LogP contribution in [0, 0.1) is 6.92 Å². The first-order valence-electron chi connectivity index (χ1n) is 28.1. The first-order chi connectivity index (χ1) is 41.3. The molecule has 1 aromatic carbocycles. The van der Waals surface area contributed by atoms with Crippen LogP contribution in [0.4, 0.5) is 47.1 Å². The van der Waals surface area contributed by atoms with E-state index in [1.807, 2.05) is 13.8 Å². The van der Waals surface area contributed by atoms with E-state index in [9.17, 15) is 31.7 Å². The molecule has 0 amide bonds. The van der Waals surface area contributed by atoms with E-state index in [2.05, 4.69) is 34.9 Å². The van der Waals surface area contributed by atoms with Gasteiger partial charge in [-0.1, -0.05) is 17.7 Å². The van der Waals surface area contributed by atoms with Crippen molar-refractivity contribution in [1.82, 2.24) is 39.5 Å². The number of nitrogen functional groups attached to an aromatic ring is 8. The van der Waals surface area contributed by atoms with Crippen molar-refractivity contribution in [3.05, 3.63) is 72.8 Å². The van der Waals surface area contributed by atoms with Crippen molar-refractivity contribution in [2.24, 2.45) is 0 Å². The predicted molar refractivity (Wildman–Crippen MR) is 336 cm³/mol. The fourth-order valence-corrected chi connectivity index (χ4v) is 10.4. The van der Waals surface area contributed by atoms with Crippen LogP contribution >= 0.6 is 21.9 Å².